The predicted octanol–water partition coefficient (Wildman–Crippen LogP) is 8.47. The lowest BCUT2D eigenvalue weighted by atomic mass is 9.97. The number of nitrogens with zero attached hydrogens (tertiary/aromatic N) is 4. The Hall–Kier alpha value is -4.60. The highest BCUT2D eigenvalue weighted by molar-refractivity contribution is 5.90. The fraction of sp³-hybridized carbons (Fsp3) is 0.364. The van der Waals surface area contributed by atoms with E-state index in [9.17, 15) is 44.3 Å². The fourth-order valence-corrected chi connectivity index (χ4v) is 5.60. The summed E-state index contributed by atoms with van der Waals surface area (Å²) in [5.41, 5.74) is -2.42. The van der Waals surface area contributed by atoms with Crippen molar-refractivity contribution in [2.45, 2.75) is 50.8 Å². The number of aromatic nitrogens is 3. The van der Waals surface area contributed by atoms with Crippen LogP contribution >= 0.6 is 0 Å². The second-order valence-corrected chi connectivity index (χ2v) is 11.3. The van der Waals surface area contributed by atoms with Gasteiger partial charge in [0.1, 0.15) is 17.9 Å². The van der Waals surface area contributed by atoms with Crippen LogP contribution in [-0.4, -0.2) is 58.1 Å². The number of carbonyl (C=O) groups is 1. The summed E-state index contributed by atoms with van der Waals surface area (Å²) < 4.78 is 133. The number of ether oxygens (including phenoxy) is 2. The largest absolute Gasteiger partial charge is 0.488 e. The highest BCUT2D eigenvalue weighted by Gasteiger charge is 2.42. The minimum atomic E-state index is -5.07. The number of benzene rings is 2. The molecule has 0 N–H and O–H groups in total. The monoisotopic (exact) mass is 700 g/mol. The average Bonchev–Trinajstić information content (AvgIpc) is 3.71. The van der Waals surface area contributed by atoms with Gasteiger partial charge in [0.25, 0.3) is 0 Å². The van der Waals surface area contributed by atoms with Crippen LogP contribution in [0.3, 0.4) is 0 Å². The highest BCUT2D eigenvalue weighted by atomic mass is 19.4. The summed E-state index contributed by atoms with van der Waals surface area (Å²) in [6.45, 7) is 1.79. The van der Waals surface area contributed by atoms with Crippen LogP contribution < -0.4 is 4.74 Å². The van der Waals surface area contributed by atoms with Crippen LogP contribution in [0.5, 0.6) is 5.75 Å². The van der Waals surface area contributed by atoms with E-state index in [4.69, 9.17) is 9.47 Å². The first-order valence-corrected chi connectivity index (χ1v) is 15.1. The molecule has 1 fully saturated rings. The van der Waals surface area contributed by atoms with Crippen LogP contribution in [0.15, 0.2) is 66.9 Å². The maximum atomic E-state index is 14.2. The first-order valence-electron chi connectivity index (χ1n) is 15.1. The maximum absolute atomic E-state index is 14.2. The summed E-state index contributed by atoms with van der Waals surface area (Å²) in [4.78, 5) is 18.1. The van der Waals surface area contributed by atoms with Crippen LogP contribution in [0.1, 0.15) is 58.4 Å². The lowest BCUT2D eigenvalue weighted by molar-refractivity contribution is -0.143. The van der Waals surface area contributed by atoms with E-state index >= 15 is 0 Å². The normalized spacial score (nSPS) is 15.8. The number of hydrogen-bond donors (Lipinski definition) is 0. The van der Waals surface area contributed by atoms with E-state index < -0.39 is 59.3 Å². The molecule has 4 aromatic rings. The van der Waals surface area contributed by atoms with E-state index in [0.717, 1.165) is 23.8 Å². The van der Waals surface area contributed by atoms with E-state index in [0.29, 0.717) is 36.0 Å². The van der Waals surface area contributed by atoms with Crippen molar-refractivity contribution < 1.29 is 53.8 Å². The summed E-state index contributed by atoms with van der Waals surface area (Å²) >= 11 is 0. The Kier molecular flexibility index (Phi) is 10.3. The quantitative estimate of drug-likeness (QED) is 0.122. The van der Waals surface area contributed by atoms with Gasteiger partial charge in [0.05, 0.1) is 30.5 Å². The maximum Gasteiger partial charge on any atom is 0.434 e. The first-order chi connectivity index (χ1) is 23.0. The number of para-hydroxylation sites is 1. The molecular formula is C33H29F9N4O3. The number of likely N-dealkylation sites (tertiary alicyclic amines) is 1. The van der Waals surface area contributed by atoms with E-state index in [-0.39, 0.29) is 36.9 Å². The molecule has 3 heterocycles. The van der Waals surface area contributed by atoms with Gasteiger partial charge in [0.2, 0.25) is 0 Å². The molecular weight excluding hydrogens is 671 g/mol. The SMILES string of the molecule is CCOC(=O)c1cnn(-c2cccc(-c3cccc(C(F)(F)F)c3OCc3ccc([C@@H]4CCN(CCC(F)(F)F)C4)cc3)n2)c1C(F)(F)F. The fourth-order valence-electron chi connectivity index (χ4n) is 5.60. The van der Waals surface area contributed by atoms with Gasteiger partial charge >= 0.3 is 24.5 Å². The zero-order chi connectivity index (χ0) is 35.6. The third-order valence-corrected chi connectivity index (χ3v) is 7.90. The Morgan fingerprint density at radius 1 is 0.918 bits per heavy atom. The molecule has 1 saturated heterocycles. The van der Waals surface area contributed by atoms with Crippen molar-refractivity contribution >= 4 is 5.97 Å². The van der Waals surface area contributed by atoms with E-state index in [2.05, 4.69) is 10.1 Å². The third-order valence-electron chi connectivity index (χ3n) is 7.90. The zero-order valence-corrected chi connectivity index (χ0v) is 25.8. The Morgan fingerprint density at radius 2 is 1.63 bits per heavy atom. The Labute approximate surface area is 274 Å². The number of halogens is 9. The van der Waals surface area contributed by atoms with Gasteiger partial charge in [-0.05, 0) is 61.2 Å². The molecule has 5 rings (SSSR count). The molecule has 0 amide bonds. The van der Waals surface area contributed by atoms with E-state index in [1.807, 2.05) is 0 Å². The Bertz CT molecular complexity index is 1770. The van der Waals surface area contributed by atoms with Crippen LogP contribution in [0.2, 0.25) is 0 Å². The van der Waals surface area contributed by atoms with Crippen molar-refractivity contribution in [3.63, 3.8) is 0 Å². The smallest absolute Gasteiger partial charge is 0.434 e. The number of carbonyl (C=O) groups excluding carboxylic acids is 1. The van der Waals surface area contributed by atoms with Crippen LogP contribution in [0.25, 0.3) is 17.1 Å². The number of pyridine rings is 1. The van der Waals surface area contributed by atoms with Crippen molar-refractivity contribution in [1.29, 1.82) is 0 Å². The molecule has 1 atom stereocenters. The van der Waals surface area contributed by atoms with Crippen molar-refractivity contribution in [1.82, 2.24) is 19.7 Å². The molecule has 0 aliphatic carbocycles. The number of hydrogen-bond acceptors (Lipinski definition) is 6. The lowest BCUT2D eigenvalue weighted by Crippen LogP contribution is -2.26. The van der Waals surface area contributed by atoms with Crippen molar-refractivity contribution in [3.05, 3.63) is 94.8 Å². The number of alkyl halides is 9. The molecule has 2 aromatic carbocycles. The van der Waals surface area contributed by atoms with Gasteiger partial charge in [0.15, 0.2) is 11.5 Å². The molecule has 0 radical (unpaired) electrons. The molecule has 1 aliphatic heterocycles. The summed E-state index contributed by atoms with van der Waals surface area (Å²) in [7, 11) is 0. The summed E-state index contributed by atoms with van der Waals surface area (Å²) in [5, 5.41) is 3.68. The molecule has 0 unspecified atom stereocenters. The van der Waals surface area contributed by atoms with Crippen LogP contribution in [-0.2, 0) is 23.7 Å². The third kappa shape index (κ3) is 8.53. The minimum absolute atomic E-state index is 0.000120. The Balaban J connectivity index is 1.41. The second-order valence-electron chi connectivity index (χ2n) is 11.3. The predicted molar refractivity (Wildman–Crippen MR) is 158 cm³/mol. The van der Waals surface area contributed by atoms with Gasteiger partial charge in [-0.15, -0.1) is 0 Å². The Morgan fingerprint density at radius 3 is 2.29 bits per heavy atom. The molecule has 16 heteroatoms. The average molecular weight is 701 g/mol. The topological polar surface area (TPSA) is 69.5 Å². The summed E-state index contributed by atoms with van der Waals surface area (Å²) in [6.07, 6.45) is -13.7. The molecule has 0 spiro atoms. The van der Waals surface area contributed by atoms with Gasteiger partial charge in [-0.3, -0.25) is 0 Å². The van der Waals surface area contributed by atoms with Crippen molar-refractivity contribution in [2.24, 2.45) is 0 Å². The van der Waals surface area contributed by atoms with Gasteiger partial charge in [-0.25, -0.2) is 14.5 Å². The van der Waals surface area contributed by atoms with Gasteiger partial charge < -0.3 is 14.4 Å². The molecule has 2 aromatic heterocycles. The van der Waals surface area contributed by atoms with Crippen LogP contribution in [0.4, 0.5) is 39.5 Å². The number of esters is 1. The molecule has 262 valence electrons. The van der Waals surface area contributed by atoms with Gasteiger partial charge in [-0.2, -0.15) is 44.6 Å². The van der Waals surface area contributed by atoms with Crippen molar-refractivity contribution in [2.75, 3.05) is 26.2 Å². The summed E-state index contributed by atoms with van der Waals surface area (Å²) in [6, 6.07) is 13.7. The standard InChI is InChI=1S/C33H29F9N4O3/c1-2-48-30(47)24-17-43-46(29(24)33(40,41)42)27-8-4-7-26(44-27)23-5-3-6-25(32(37,38)39)28(23)49-19-20-9-11-21(12-10-20)22-13-15-45(18-22)16-14-31(34,35)36/h3-12,17,22H,2,13-16,18-19H2,1H3/t22-/m1/s1. The van der Waals surface area contributed by atoms with Crippen molar-refractivity contribution in [3.8, 4) is 22.8 Å². The molecule has 1 aliphatic rings. The lowest BCUT2D eigenvalue weighted by Gasteiger charge is -2.19. The first kappa shape index (κ1) is 35.7. The number of rotatable bonds is 10. The molecule has 7 nitrogen and oxygen atoms in total. The van der Waals surface area contributed by atoms with Gasteiger partial charge in [0, 0.05) is 18.7 Å². The van der Waals surface area contributed by atoms with E-state index in [1.165, 1.54) is 25.1 Å². The summed E-state index contributed by atoms with van der Waals surface area (Å²) in [5.74, 6) is -2.29. The van der Waals surface area contributed by atoms with Gasteiger partial charge in [-0.1, -0.05) is 36.4 Å². The second kappa shape index (κ2) is 14.1. The minimum Gasteiger partial charge on any atom is -0.488 e. The highest BCUT2D eigenvalue weighted by Crippen LogP contribution is 2.42. The zero-order valence-electron chi connectivity index (χ0n) is 25.8. The molecule has 0 saturated carbocycles. The molecule has 0 bridgehead atoms. The van der Waals surface area contributed by atoms with E-state index in [1.54, 1.807) is 29.2 Å². The van der Waals surface area contributed by atoms with Crippen LogP contribution in [0, 0.1) is 0 Å². The molecule has 49 heavy (non-hydrogen) atoms.